The molecule has 4 aromatic carbocycles. The maximum absolute atomic E-state index is 14.3. The summed E-state index contributed by atoms with van der Waals surface area (Å²) in [7, 11) is 0. The van der Waals surface area contributed by atoms with Crippen LogP contribution in [0.15, 0.2) is 91.0 Å². The quantitative estimate of drug-likeness (QED) is 0.159. The van der Waals surface area contributed by atoms with Gasteiger partial charge in [0, 0.05) is 19.4 Å². The van der Waals surface area contributed by atoms with Crippen LogP contribution in [0.25, 0.3) is 0 Å². The van der Waals surface area contributed by atoms with Gasteiger partial charge in [0.2, 0.25) is 11.8 Å². The molecule has 4 aromatic rings. The average Bonchev–Trinajstić information content (AvgIpc) is 3.64. The lowest BCUT2D eigenvalue weighted by atomic mass is 9.87. The number of fused-ring (bicyclic) bond motifs is 1. The lowest BCUT2D eigenvalue weighted by Crippen LogP contribution is -2.51. The Morgan fingerprint density at radius 1 is 0.815 bits per heavy atom. The van der Waals surface area contributed by atoms with Gasteiger partial charge in [-0.2, -0.15) is 13.2 Å². The van der Waals surface area contributed by atoms with Gasteiger partial charge in [-0.3, -0.25) is 9.59 Å². The van der Waals surface area contributed by atoms with E-state index in [0.717, 1.165) is 48.9 Å². The summed E-state index contributed by atoms with van der Waals surface area (Å²) in [5.74, 6) is -0.399. The van der Waals surface area contributed by atoms with Crippen molar-refractivity contribution in [2.24, 2.45) is 5.92 Å². The molecule has 0 saturated heterocycles. The van der Waals surface area contributed by atoms with Crippen LogP contribution in [-0.2, 0) is 38.8 Å². The molecular formula is C43H45F3N2O6. The zero-order valence-electron chi connectivity index (χ0n) is 30.6. The summed E-state index contributed by atoms with van der Waals surface area (Å²) >= 11 is 0. The monoisotopic (exact) mass is 742 g/mol. The molecule has 1 fully saturated rings. The number of ether oxygens (including phenoxy) is 2. The second-order valence-electron chi connectivity index (χ2n) is 15.2. The minimum atomic E-state index is -4.52. The molecule has 2 aliphatic rings. The standard InChI is InChI=1S/C43H45F3N2O6/c1-42(2,3)30-14-19-33(20-15-30)54-35-18-13-29-21-22-48(38(49)24-27-7-4-5-8-27)39(36(29)26-35)40(50)47-37(41(51)52)23-28-11-16-32(17-12-28)53-34-10-6-9-31(25-34)43(44,45)46/h6,9-20,25-27,37,39H,4-5,7-8,21-24H2,1-3H3,(H,47,50)(H,51,52)/t37-,39?/m0/s1. The van der Waals surface area contributed by atoms with Gasteiger partial charge in [0.05, 0.1) is 5.56 Å². The lowest BCUT2D eigenvalue weighted by molar-refractivity contribution is -0.145. The zero-order chi connectivity index (χ0) is 38.6. The number of carbonyl (C=O) groups excluding carboxylic acids is 2. The number of carboxylic acid groups (broad SMARTS) is 1. The number of aliphatic carboxylic acids is 1. The minimum absolute atomic E-state index is 0.0000424. The van der Waals surface area contributed by atoms with Crippen molar-refractivity contribution in [1.82, 2.24) is 10.2 Å². The first kappa shape index (κ1) is 38.4. The molecule has 1 heterocycles. The summed E-state index contributed by atoms with van der Waals surface area (Å²) in [5.41, 5.74) is 2.29. The smallest absolute Gasteiger partial charge is 0.416 e. The number of carboxylic acids is 1. The molecule has 1 aliphatic carbocycles. The van der Waals surface area contributed by atoms with Gasteiger partial charge in [0.15, 0.2) is 0 Å². The Hall–Kier alpha value is -5.32. The summed E-state index contributed by atoms with van der Waals surface area (Å²) in [6, 6.07) is 21.6. The Labute approximate surface area is 313 Å². The zero-order valence-corrected chi connectivity index (χ0v) is 30.6. The normalized spacial score (nSPS) is 16.7. The van der Waals surface area contributed by atoms with Crippen LogP contribution in [-0.4, -0.2) is 40.4 Å². The van der Waals surface area contributed by atoms with Gasteiger partial charge in [0.1, 0.15) is 35.1 Å². The highest BCUT2D eigenvalue weighted by molar-refractivity contribution is 5.92. The van der Waals surface area contributed by atoms with E-state index in [9.17, 15) is 32.7 Å². The number of benzene rings is 4. The number of halogens is 3. The van der Waals surface area contributed by atoms with E-state index in [1.165, 1.54) is 24.3 Å². The number of carbonyl (C=O) groups is 3. The third-order valence-electron chi connectivity index (χ3n) is 10.2. The van der Waals surface area contributed by atoms with E-state index >= 15 is 0 Å². The Bertz CT molecular complexity index is 1970. The van der Waals surface area contributed by atoms with Gasteiger partial charge in [-0.15, -0.1) is 0 Å². The molecule has 2 N–H and O–H groups in total. The van der Waals surface area contributed by atoms with Crippen LogP contribution in [0.2, 0.25) is 0 Å². The van der Waals surface area contributed by atoms with Gasteiger partial charge >= 0.3 is 12.1 Å². The van der Waals surface area contributed by atoms with Crippen molar-refractivity contribution < 1.29 is 42.1 Å². The first-order chi connectivity index (χ1) is 25.6. The van der Waals surface area contributed by atoms with Crippen LogP contribution in [0.5, 0.6) is 23.0 Å². The molecule has 2 amide bonds. The maximum Gasteiger partial charge on any atom is 0.416 e. The Morgan fingerprint density at radius 3 is 2.04 bits per heavy atom. The fourth-order valence-electron chi connectivity index (χ4n) is 7.20. The van der Waals surface area contributed by atoms with Crippen molar-refractivity contribution in [1.29, 1.82) is 0 Å². The number of alkyl halides is 3. The van der Waals surface area contributed by atoms with E-state index in [1.54, 1.807) is 23.1 Å². The van der Waals surface area contributed by atoms with Crippen LogP contribution < -0.4 is 14.8 Å². The van der Waals surface area contributed by atoms with Crippen LogP contribution >= 0.6 is 0 Å². The van der Waals surface area contributed by atoms with E-state index in [0.29, 0.717) is 42.0 Å². The molecule has 11 heteroatoms. The topological polar surface area (TPSA) is 105 Å². The number of hydrogen-bond acceptors (Lipinski definition) is 5. The predicted octanol–water partition coefficient (Wildman–Crippen LogP) is 9.41. The molecule has 1 saturated carbocycles. The second-order valence-corrected chi connectivity index (χ2v) is 15.2. The molecule has 0 spiro atoms. The molecule has 0 aromatic heterocycles. The highest BCUT2D eigenvalue weighted by atomic mass is 19.4. The summed E-state index contributed by atoms with van der Waals surface area (Å²) in [6.45, 7) is 6.71. The molecule has 1 aliphatic heterocycles. The molecule has 2 atom stereocenters. The first-order valence-corrected chi connectivity index (χ1v) is 18.3. The molecule has 284 valence electrons. The van der Waals surface area contributed by atoms with Crippen LogP contribution in [0, 0.1) is 5.92 Å². The lowest BCUT2D eigenvalue weighted by Gasteiger charge is -2.37. The number of rotatable bonds is 11. The van der Waals surface area contributed by atoms with E-state index in [-0.39, 0.29) is 35.2 Å². The highest BCUT2D eigenvalue weighted by Crippen LogP contribution is 2.37. The molecule has 0 radical (unpaired) electrons. The number of nitrogens with zero attached hydrogens (tertiary/aromatic N) is 1. The van der Waals surface area contributed by atoms with Gasteiger partial charge < -0.3 is 24.8 Å². The van der Waals surface area contributed by atoms with E-state index in [2.05, 4.69) is 26.1 Å². The fraction of sp³-hybridized carbons (Fsp3) is 0.372. The third kappa shape index (κ3) is 9.42. The van der Waals surface area contributed by atoms with Crippen molar-refractivity contribution >= 4 is 17.8 Å². The Morgan fingerprint density at radius 2 is 1.43 bits per heavy atom. The second kappa shape index (κ2) is 16.0. The van der Waals surface area contributed by atoms with E-state index < -0.39 is 35.7 Å². The molecule has 54 heavy (non-hydrogen) atoms. The van der Waals surface area contributed by atoms with Crippen molar-refractivity contribution in [3.8, 4) is 23.0 Å². The number of amides is 2. The van der Waals surface area contributed by atoms with Crippen molar-refractivity contribution in [2.75, 3.05) is 6.54 Å². The molecular weight excluding hydrogens is 697 g/mol. The third-order valence-corrected chi connectivity index (χ3v) is 10.2. The van der Waals surface area contributed by atoms with Crippen molar-refractivity contribution in [2.45, 2.75) is 89.4 Å². The SMILES string of the molecule is CC(C)(C)c1ccc(Oc2ccc3c(c2)C(C(=O)N[C@@H](Cc2ccc(Oc4cccc(C(F)(F)F)c4)cc2)C(=O)O)N(C(=O)CC2CCCC2)CC3)cc1. The van der Waals surface area contributed by atoms with E-state index in [4.69, 9.17) is 9.47 Å². The minimum Gasteiger partial charge on any atom is -0.480 e. The van der Waals surface area contributed by atoms with Gasteiger partial charge in [-0.1, -0.05) is 70.0 Å². The van der Waals surface area contributed by atoms with Gasteiger partial charge in [0.25, 0.3) is 0 Å². The summed E-state index contributed by atoms with van der Waals surface area (Å²) in [5, 5.41) is 12.9. The highest BCUT2D eigenvalue weighted by Gasteiger charge is 2.39. The largest absolute Gasteiger partial charge is 0.480 e. The van der Waals surface area contributed by atoms with Crippen LogP contribution in [0.4, 0.5) is 13.2 Å². The van der Waals surface area contributed by atoms with Gasteiger partial charge in [-0.05, 0) is 107 Å². The molecule has 1 unspecified atom stereocenters. The maximum atomic E-state index is 14.3. The summed E-state index contributed by atoms with van der Waals surface area (Å²) in [6.07, 6.45) is 0.318. The van der Waals surface area contributed by atoms with Crippen molar-refractivity contribution in [3.05, 3.63) is 119 Å². The summed E-state index contributed by atoms with van der Waals surface area (Å²) in [4.78, 5) is 42.2. The Kier molecular flexibility index (Phi) is 11.4. The Balaban J connectivity index is 1.21. The predicted molar refractivity (Wildman–Crippen MR) is 198 cm³/mol. The fourth-order valence-corrected chi connectivity index (χ4v) is 7.20. The van der Waals surface area contributed by atoms with Crippen LogP contribution in [0.3, 0.4) is 0 Å². The molecule has 8 nitrogen and oxygen atoms in total. The van der Waals surface area contributed by atoms with E-state index in [1.807, 2.05) is 36.4 Å². The summed E-state index contributed by atoms with van der Waals surface area (Å²) < 4.78 is 51.3. The first-order valence-electron chi connectivity index (χ1n) is 18.3. The molecule has 0 bridgehead atoms. The molecule has 6 rings (SSSR count). The van der Waals surface area contributed by atoms with Crippen molar-refractivity contribution in [3.63, 3.8) is 0 Å². The van der Waals surface area contributed by atoms with Gasteiger partial charge in [-0.25, -0.2) is 4.79 Å². The average molecular weight is 743 g/mol. The number of nitrogens with one attached hydrogen (secondary N) is 1. The van der Waals surface area contributed by atoms with Crippen LogP contribution in [0.1, 0.15) is 86.7 Å². The number of hydrogen-bond donors (Lipinski definition) is 2.